The molecule has 1 saturated carbocycles. The topological polar surface area (TPSA) is 74.3 Å². The summed E-state index contributed by atoms with van der Waals surface area (Å²) in [6.45, 7) is 0.207. The van der Waals surface area contributed by atoms with Crippen molar-refractivity contribution in [3.05, 3.63) is 53.6 Å². The number of methoxy groups -OCH3 is 3. The summed E-state index contributed by atoms with van der Waals surface area (Å²) in [5.41, 5.74) is 1.38. The second-order valence-electron chi connectivity index (χ2n) is 6.73. The number of ether oxygens (including phenoxy) is 4. The summed E-state index contributed by atoms with van der Waals surface area (Å²) >= 11 is 0. The lowest BCUT2D eigenvalue weighted by molar-refractivity contribution is -0.142. The molecule has 0 saturated heterocycles. The van der Waals surface area contributed by atoms with E-state index >= 15 is 0 Å². The van der Waals surface area contributed by atoms with Gasteiger partial charge in [-0.25, -0.2) is 4.79 Å². The molecule has 2 aromatic carbocycles. The number of nitrogens with zero attached hydrogens (tertiary/aromatic N) is 1. The van der Waals surface area contributed by atoms with E-state index in [1.165, 1.54) is 7.11 Å². The van der Waals surface area contributed by atoms with E-state index < -0.39 is 5.97 Å². The van der Waals surface area contributed by atoms with Crippen LogP contribution in [-0.4, -0.2) is 50.8 Å². The molecule has 0 spiro atoms. The van der Waals surface area contributed by atoms with E-state index in [-0.39, 0.29) is 18.6 Å². The molecular weight excluding hydrogens is 374 g/mol. The van der Waals surface area contributed by atoms with Crippen molar-refractivity contribution in [2.45, 2.75) is 25.4 Å². The Kier molecular flexibility index (Phi) is 6.59. The smallest absolute Gasteiger partial charge is 0.343 e. The lowest BCUT2D eigenvalue weighted by Crippen LogP contribution is -2.32. The van der Waals surface area contributed by atoms with Crippen molar-refractivity contribution in [2.24, 2.45) is 0 Å². The quantitative estimate of drug-likeness (QED) is 0.604. The number of esters is 1. The highest BCUT2D eigenvalue weighted by Crippen LogP contribution is 2.33. The number of amides is 1. The first-order chi connectivity index (χ1) is 14.0. The van der Waals surface area contributed by atoms with Crippen molar-refractivity contribution >= 4 is 11.9 Å². The third kappa shape index (κ3) is 5.19. The van der Waals surface area contributed by atoms with Crippen LogP contribution < -0.4 is 14.2 Å². The Bertz CT molecular complexity index is 877. The van der Waals surface area contributed by atoms with Gasteiger partial charge in [0, 0.05) is 17.2 Å². The van der Waals surface area contributed by atoms with E-state index in [1.54, 1.807) is 38.5 Å². The standard InChI is InChI=1S/C22H25NO6/c1-26-18-9-10-20(27-2)16(12-18)13-23(17-7-8-17)22(25)15-5-4-6-19(11-15)29-14-21(24)28-3/h4-6,9-12,17H,7-8,13-14H2,1-3H3. The number of rotatable bonds is 9. The van der Waals surface area contributed by atoms with Gasteiger partial charge in [-0.05, 0) is 49.2 Å². The van der Waals surface area contributed by atoms with Gasteiger partial charge in [-0.1, -0.05) is 6.07 Å². The summed E-state index contributed by atoms with van der Waals surface area (Å²) in [6.07, 6.45) is 1.94. The second kappa shape index (κ2) is 9.32. The Hall–Kier alpha value is -3.22. The maximum Gasteiger partial charge on any atom is 0.343 e. The first-order valence-electron chi connectivity index (χ1n) is 9.37. The van der Waals surface area contributed by atoms with E-state index in [4.69, 9.17) is 14.2 Å². The molecule has 0 bridgehead atoms. The normalized spacial score (nSPS) is 12.8. The minimum Gasteiger partial charge on any atom is -0.497 e. The fraction of sp³-hybridized carbons (Fsp3) is 0.364. The van der Waals surface area contributed by atoms with Crippen LogP contribution in [0.25, 0.3) is 0 Å². The predicted molar refractivity (Wildman–Crippen MR) is 106 cm³/mol. The molecule has 2 aromatic rings. The average Bonchev–Trinajstić information content (AvgIpc) is 3.60. The van der Waals surface area contributed by atoms with Crippen molar-refractivity contribution in [1.29, 1.82) is 0 Å². The van der Waals surface area contributed by atoms with Crippen LogP contribution in [0, 0.1) is 0 Å². The molecule has 0 aromatic heterocycles. The molecule has 154 valence electrons. The zero-order chi connectivity index (χ0) is 20.8. The molecule has 0 unspecified atom stereocenters. The van der Waals surface area contributed by atoms with Crippen molar-refractivity contribution in [3.63, 3.8) is 0 Å². The largest absolute Gasteiger partial charge is 0.497 e. The summed E-state index contributed by atoms with van der Waals surface area (Å²) in [5.74, 6) is 1.28. The molecule has 1 aliphatic carbocycles. The number of carbonyl (C=O) groups excluding carboxylic acids is 2. The number of benzene rings is 2. The van der Waals surface area contributed by atoms with E-state index in [9.17, 15) is 9.59 Å². The molecule has 1 aliphatic rings. The summed E-state index contributed by atoms with van der Waals surface area (Å²) in [6, 6.07) is 12.6. The molecule has 3 rings (SSSR count). The molecule has 0 heterocycles. The fourth-order valence-electron chi connectivity index (χ4n) is 3.03. The van der Waals surface area contributed by atoms with Crippen molar-refractivity contribution in [3.8, 4) is 17.2 Å². The van der Waals surface area contributed by atoms with Gasteiger partial charge in [0.25, 0.3) is 5.91 Å². The third-order valence-corrected chi connectivity index (χ3v) is 4.74. The van der Waals surface area contributed by atoms with E-state index in [0.717, 1.165) is 18.4 Å². The van der Waals surface area contributed by atoms with Crippen LogP contribution in [0.3, 0.4) is 0 Å². The zero-order valence-electron chi connectivity index (χ0n) is 16.8. The van der Waals surface area contributed by atoms with Gasteiger partial charge < -0.3 is 23.8 Å². The summed E-state index contributed by atoms with van der Waals surface area (Å²) in [4.78, 5) is 26.4. The minimum absolute atomic E-state index is 0.0964. The Morgan fingerprint density at radius 1 is 1.00 bits per heavy atom. The van der Waals surface area contributed by atoms with Gasteiger partial charge in [0.15, 0.2) is 6.61 Å². The van der Waals surface area contributed by atoms with Crippen molar-refractivity contribution in [1.82, 2.24) is 4.90 Å². The SMILES string of the molecule is COC(=O)COc1cccc(C(=O)N(Cc2cc(OC)ccc2OC)C2CC2)c1. The Morgan fingerprint density at radius 2 is 1.79 bits per heavy atom. The lowest BCUT2D eigenvalue weighted by Gasteiger charge is -2.24. The minimum atomic E-state index is -0.480. The lowest BCUT2D eigenvalue weighted by atomic mass is 10.1. The molecule has 7 nitrogen and oxygen atoms in total. The van der Waals surface area contributed by atoms with Crippen LogP contribution in [0.2, 0.25) is 0 Å². The Balaban J connectivity index is 1.80. The molecule has 7 heteroatoms. The maximum atomic E-state index is 13.2. The predicted octanol–water partition coefficient (Wildman–Crippen LogP) is 3.06. The zero-order valence-corrected chi connectivity index (χ0v) is 16.8. The first-order valence-corrected chi connectivity index (χ1v) is 9.37. The van der Waals surface area contributed by atoms with Gasteiger partial charge in [0.1, 0.15) is 17.2 Å². The van der Waals surface area contributed by atoms with Crippen LogP contribution in [-0.2, 0) is 16.1 Å². The van der Waals surface area contributed by atoms with E-state index in [0.29, 0.717) is 29.4 Å². The highest BCUT2D eigenvalue weighted by Gasteiger charge is 2.33. The van der Waals surface area contributed by atoms with Crippen molar-refractivity contribution < 1.29 is 28.5 Å². The summed E-state index contributed by atoms with van der Waals surface area (Å²) in [5, 5.41) is 0. The Morgan fingerprint density at radius 3 is 2.45 bits per heavy atom. The van der Waals surface area contributed by atoms with Gasteiger partial charge in [-0.15, -0.1) is 0 Å². The van der Waals surface area contributed by atoms with Crippen LogP contribution in [0.15, 0.2) is 42.5 Å². The van der Waals surface area contributed by atoms with Gasteiger partial charge >= 0.3 is 5.97 Å². The summed E-state index contributed by atoms with van der Waals surface area (Å²) < 4.78 is 20.8. The highest BCUT2D eigenvalue weighted by atomic mass is 16.6. The van der Waals surface area contributed by atoms with E-state index in [2.05, 4.69) is 4.74 Å². The molecule has 29 heavy (non-hydrogen) atoms. The van der Waals surface area contributed by atoms with Gasteiger partial charge in [0.2, 0.25) is 0 Å². The van der Waals surface area contributed by atoms with E-state index in [1.807, 2.05) is 23.1 Å². The number of hydrogen-bond donors (Lipinski definition) is 0. The molecule has 0 N–H and O–H groups in total. The van der Waals surface area contributed by atoms with Gasteiger partial charge in [-0.2, -0.15) is 0 Å². The van der Waals surface area contributed by atoms with Crippen LogP contribution in [0.1, 0.15) is 28.8 Å². The second-order valence-corrected chi connectivity index (χ2v) is 6.73. The highest BCUT2D eigenvalue weighted by molar-refractivity contribution is 5.95. The fourth-order valence-corrected chi connectivity index (χ4v) is 3.03. The molecule has 1 amide bonds. The molecule has 1 fully saturated rings. The third-order valence-electron chi connectivity index (χ3n) is 4.74. The molecule has 0 atom stereocenters. The molecular formula is C22H25NO6. The van der Waals surface area contributed by atoms with Crippen LogP contribution >= 0.6 is 0 Å². The van der Waals surface area contributed by atoms with Gasteiger partial charge in [0.05, 0.1) is 27.9 Å². The molecule has 0 aliphatic heterocycles. The monoisotopic (exact) mass is 399 g/mol. The maximum absolute atomic E-state index is 13.2. The van der Waals surface area contributed by atoms with Crippen molar-refractivity contribution in [2.75, 3.05) is 27.9 Å². The van der Waals surface area contributed by atoms with Crippen LogP contribution in [0.4, 0.5) is 0 Å². The van der Waals surface area contributed by atoms with Crippen LogP contribution in [0.5, 0.6) is 17.2 Å². The molecule has 0 radical (unpaired) electrons. The summed E-state index contributed by atoms with van der Waals surface area (Å²) in [7, 11) is 4.51. The number of carbonyl (C=O) groups is 2. The number of hydrogen-bond acceptors (Lipinski definition) is 6. The van der Waals surface area contributed by atoms with Gasteiger partial charge in [-0.3, -0.25) is 4.79 Å². The first kappa shape index (κ1) is 20.5. The Labute approximate surface area is 170 Å². The average molecular weight is 399 g/mol.